The van der Waals surface area contributed by atoms with Crippen LogP contribution in [-0.4, -0.2) is 23.4 Å². The van der Waals surface area contributed by atoms with Crippen molar-refractivity contribution in [2.24, 2.45) is 5.73 Å². The van der Waals surface area contributed by atoms with Crippen molar-refractivity contribution in [1.82, 2.24) is 10.6 Å². The van der Waals surface area contributed by atoms with Gasteiger partial charge in [-0.2, -0.15) is 0 Å². The lowest BCUT2D eigenvalue weighted by Crippen LogP contribution is -2.41. The summed E-state index contributed by atoms with van der Waals surface area (Å²) in [4.78, 5) is 11.7. The summed E-state index contributed by atoms with van der Waals surface area (Å²) in [5.74, 6) is 0. The summed E-state index contributed by atoms with van der Waals surface area (Å²) in [6, 6.07) is 9.43. The van der Waals surface area contributed by atoms with Crippen LogP contribution in [0.25, 0.3) is 0 Å². The number of benzene rings is 1. The second-order valence-corrected chi connectivity index (χ2v) is 5.79. The second-order valence-electron chi connectivity index (χ2n) is 5.35. The van der Waals surface area contributed by atoms with Gasteiger partial charge in [0.15, 0.2) is 5.11 Å². The molecule has 0 spiro atoms. The van der Waals surface area contributed by atoms with Gasteiger partial charge in [-0.25, -0.2) is 4.79 Å². The molecule has 6 heteroatoms. The Morgan fingerprint density at radius 3 is 2.45 bits per heavy atom. The quantitative estimate of drug-likeness (QED) is 0.742. The van der Waals surface area contributed by atoms with Crippen molar-refractivity contribution in [2.45, 2.75) is 32.4 Å². The maximum absolute atomic E-state index is 11.7. The van der Waals surface area contributed by atoms with E-state index >= 15 is 0 Å². The molecule has 0 bridgehead atoms. The van der Waals surface area contributed by atoms with Crippen LogP contribution in [0.2, 0.25) is 0 Å². The fourth-order valence-corrected chi connectivity index (χ4v) is 1.75. The average Bonchev–Trinajstić information content (AvgIpc) is 2.33. The summed E-state index contributed by atoms with van der Waals surface area (Å²) < 4.78 is 5.19. The van der Waals surface area contributed by atoms with Gasteiger partial charge in [0.05, 0.1) is 6.04 Å². The van der Waals surface area contributed by atoms with Gasteiger partial charge in [-0.15, -0.1) is 0 Å². The van der Waals surface area contributed by atoms with Crippen LogP contribution >= 0.6 is 12.2 Å². The summed E-state index contributed by atoms with van der Waals surface area (Å²) in [5.41, 5.74) is 5.97. The van der Waals surface area contributed by atoms with Crippen LogP contribution in [0, 0.1) is 0 Å². The van der Waals surface area contributed by atoms with E-state index in [0.717, 1.165) is 5.56 Å². The molecule has 1 rings (SSSR count). The highest BCUT2D eigenvalue weighted by Crippen LogP contribution is 2.12. The Hall–Kier alpha value is -1.82. The molecule has 0 aliphatic carbocycles. The fourth-order valence-electron chi connectivity index (χ4n) is 1.61. The number of amides is 1. The molecule has 0 saturated heterocycles. The first-order valence-electron chi connectivity index (χ1n) is 6.36. The minimum Gasteiger partial charge on any atom is -0.444 e. The van der Waals surface area contributed by atoms with Gasteiger partial charge in [-0.05, 0) is 38.6 Å². The predicted octanol–water partition coefficient (Wildman–Crippen LogP) is 2.09. The average molecular weight is 295 g/mol. The van der Waals surface area contributed by atoms with Crippen molar-refractivity contribution in [2.75, 3.05) is 6.54 Å². The van der Waals surface area contributed by atoms with E-state index in [0.29, 0.717) is 6.54 Å². The number of rotatable bonds is 4. The third-order valence-electron chi connectivity index (χ3n) is 2.37. The molecule has 1 unspecified atom stereocenters. The van der Waals surface area contributed by atoms with E-state index in [1.165, 1.54) is 0 Å². The Bertz CT molecular complexity index is 457. The van der Waals surface area contributed by atoms with E-state index in [9.17, 15) is 4.79 Å². The summed E-state index contributed by atoms with van der Waals surface area (Å²) in [6.45, 7) is 5.77. The summed E-state index contributed by atoms with van der Waals surface area (Å²) in [7, 11) is 0. The number of thiocarbonyl (C=S) groups is 1. The molecule has 0 aromatic heterocycles. The van der Waals surface area contributed by atoms with Crippen molar-refractivity contribution in [3.63, 3.8) is 0 Å². The number of alkyl carbamates (subject to hydrolysis) is 1. The van der Waals surface area contributed by atoms with Crippen molar-refractivity contribution < 1.29 is 9.53 Å². The summed E-state index contributed by atoms with van der Waals surface area (Å²) in [6.07, 6.45) is -0.469. The van der Waals surface area contributed by atoms with Gasteiger partial charge in [-0.1, -0.05) is 30.3 Å². The number of ether oxygens (including phenoxy) is 1. The first-order chi connectivity index (χ1) is 9.28. The van der Waals surface area contributed by atoms with Gasteiger partial charge in [0.1, 0.15) is 5.60 Å². The van der Waals surface area contributed by atoms with Crippen molar-refractivity contribution in [1.29, 1.82) is 0 Å². The number of hydrogen-bond donors (Lipinski definition) is 3. The predicted molar refractivity (Wildman–Crippen MR) is 83.3 cm³/mol. The van der Waals surface area contributed by atoms with Crippen LogP contribution in [0.3, 0.4) is 0 Å². The van der Waals surface area contributed by atoms with Gasteiger partial charge in [-0.3, -0.25) is 0 Å². The number of nitrogens with one attached hydrogen (secondary N) is 2. The molecule has 0 aliphatic rings. The minimum absolute atomic E-state index is 0.185. The SMILES string of the molecule is CC(C)(C)OC(=O)NCC(NC(N)=S)c1ccccc1. The smallest absolute Gasteiger partial charge is 0.407 e. The molecule has 0 heterocycles. The Labute approximate surface area is 124 Å². The normalized spacial score (nSPS) is 12.3. The third kappa shape index (κ3) is 6.38. The van der Waals surface area contributed by atoms with Crippen LogP contribution < -0.4 is 16.4 Å². The second kappa shape index (κ2) is 7.09. The molecule has 0 saturated carbocycles. The third-order valence-corrected chi connectivity index (χ3v) is 2.49. The van der Waals surface area contributed by atoms with E-state index in [1.807, 2.05) is 51.1 Å². The van der Waals surface area contributed by atoms with Gasteiger partial charge < -0.3 is 21.1 Å². The molecule has 1 atom stereocenters. The van der Waals surface area contributed by atoms with E-state index in [4.69, 9.17) is 22.7 Å². The highest BCUT2D eigenvalue weighted by atomic mass is 32.1. The first-order valence-corrected chi connectivity index (χ1v) is 6.76. The first kappa shape index (κ1) is 16.2. The van der Waals surface area contributed by atoms with Crippen LogP contribution in [0.1, 0.15) is 32.4 Å². The zero-order chi connectivity index (χ0) is 15.2. The van der Waals surface area contributed by atoms with E-state index in [-0.39, 0.29) is 11.2 Å². The molecule has 0 radical (unpaired) electrons. The molecule has 1 amide bonds. The molecule has 5 nitrogen and oxygen atoms in total. The maximum Gasteiger partial charge on any atom is 0.407 e. The van der Waals surface area contributed by atoms with Crippen LogP contribution in [0.15, 0.2) is 30.3 Å². The Kier molecular flexibility index (Phi) is 5.76. The molecule has 0 aliphatic heterocycles. The van der Waals surface area contributed by atoms with E-state index in [1.54, 1.807) is 0 Å². The number of nitrogens with two attached hydrogens (primary N) is 1. The zero-order valence-corrected chi connectivity index (χ0v) is 12.8. The van der Waals surface area contributed by atoms with E-state index < -0.39 is 11.7 Å². The van der Waals surface area contributed by atoms with Gasteiger partial charge in [0.25, 0.3) is 0 Å². The summed E-state index contributed by atoms with van der Waals surface area (Å²) in [5, 5.41) is 5.84. The maximum atomic E-state index is 11.7. The van der Waals surface area contributed by atoms with Crippen LogP contribution in [-0.2, 0) is 4.74 Å². The Morgan fingerprint density at radius 1 is 1.35 bits per heavy atom. The monoisotopic (exact) mass is 295 g/mol. The van der Waals surface area contributed by atoms with Crippen LogP contribution in [0.5, 0.6) is 0 Å². The molecular weight excluding hydrogens is 274 g/mol. The van der Waals surface area contributed by atoms with Crippen molar-refractivity contribution in [3.8, 4) is 0 Å². The van der Waals surface area contributed by atoms with Gasteiger partial charge >= 0.3 is 6.09 Å². The largest absolute Gasteiger partial charge is 0.444 e. The highest BCUT2D eigenvalue weighted by Gasteiger charge is 2.18. The lowest BCUT2D eigenvalue weighted by atomic mass is 10.1. The highest BCUT2D eigenvalue weighted by molar-refractivity contribution is 7.80. The lowest BCUT2D eigenvalue weighted by Gasteiger charge is -2.23. The number of carbonyl (C=O) groups is 1. The molecule has 4 N–H and O–H groups in total. The van der Waals surface area contributed by atoms with Crippen molar-refractivity contribution in [3.05, 3.63) is 35.9 Å². The Balaban J connectivity index is 2.63. The zero-order valence-electron chi connectivity index (χ0n) is 12.0. The molecule has 1 aromatic carbocycles. The number of hydrogen-bond acceptors (Lipinski definition) is 3. The molecule has 110 valence electrons. The molecule has 1 aromatic rings. The molecule has 20 heavy (non-hydrogen) atoms. The molecular formula is C14H21N3O2S. The van der Waals surface area contributed by atoms with Crippen molar-refractivity contribution >= 4 is 23.4 Å². The van der Waals surface area contributed by atoms with Crippen LogP contribution in [0.4, 0.5) is 4.79 Å². The summed E-state index contributed by atoms with van der Waals surface area (Å²) >= 11 is 4.86. The standard InChI is InChI=1S/C14H21N3O2S/c1-14(2,3)19-13(18)16-9-11(17-12(15)20)10-7-5-4-6-8-10/h4-8,11H,9H2,1-3H3,(H,16,18)(H3,15,17,20). The molecule has 0 fully saturated rings. The minimum atomic E-state index is -0.525. The lowest BCUT2D eigenvalue weighted by molar-refractivity contribution is 0.0523. The Morgan fingerprint density at radius 2 is 1.95 bits per heavy atom. The fraction of sp³-hybridized carbons (Fsp3) is 0.429. The van der Waals surface area contributed by atoms with Gasteiger partial charge in [0, 0.05) is 6.54 Å². The number of carbonyl (C=O) groups excluding carboxylic acids is 1. The van der Waals surface area contributed by atoms with E-state index in [2.05, 4.69) is 10.6 Å². The van der Waals surface area contributed by atoms with Gasteiger partial charge in [0.2, 0.25) is 0 Å². The topological polar surface area (TPSA) is 76.4 Å².